The van der Waals surface area contributed by atoms with Crippen LogP contribution in [0.3, 0.4) is 0 Å². The molecule has 0 unspecified atom stereocenters. The van der Waals surface area contributed by atoms with E-state index in [9.17, 15) is 4.79 Å². The SMILES string of the molecule is CNC.C[C@H](Cc1ccsc1)NC(=O)NCCCc1ccccc1.[HH].[HH]. The van der Waals surface area contributed by atoms with Crippen LogP contribution in [-0.2, 0) is 12.8 Å². The molecule has 2 aromatic rings. The molecule has 4 nitrogen and oxygen atoms in total. The van der Waals surface area contributed by atoms with E-state index in [2.05, 4.69) is 44.9 Å². The third kappa shape index (κ3) is 9.33. The molecule has 136 valence electrons. The quantitative estimate of drug-likeness (QED) is 0.662. The number of carbonyl (C=O) groups is 1. The van der Waals surface area contributed by atoms with Gasteiger partial charge in [-0.3, -0.25) is 0 Å². The number of benzene rings is 1. The van der Waals surface area contributed by atoms with E-state index in [-0.39, 0.29) is 14.9 Å². The van der Waals surface area contributed by atoms with Crippen LogP contribution in [0, 0.1) is 0 Å². The predicted octanol–water partition coefficient (Wildman–Crippen LogP) is 3.94. The van der Waals surface area contributed by atoms with E-state index in [0.717, 1.165) is 19.3 Å². The molecule has 2 rings (SSSR count). The fraction of sp³-hybridized carbons (Fsp3) is 0.421. The summed E-state index contributed by atoms with van der Waals surface area (Å²) in [5.74, 6) is 0. The van der Waals surface area contributed by atoms with E-state index in [1.807, 2.05) is 39.2 Å². The zero-order valence-electron chi connectivity index (χ0n) is 14.8. The smallest absolute Gasteiger partial charge is 0.315 e. The average molecular weight is 352 g/mol. The van der Waals surface area contributed by atoms with Crippen LogP contribution < -0.4 is 16.0 Å². The first-order valence-corrected chi connectivity index (χ1v) is 9.27. The lowest BCUT2D eigenvalue weighted by atomic mass is 10.1. The molecular weight excluding hydrogens is 318 g/mol. The monoisotopic (exact) mass is 351 g/mol. The van der Waals surface area contributed by atoms with Crippen LogP contribution in [0.2, 0.25) is 0 Å². The van der Waals surface area contributed by atoms with Gasteiger partial charge in [0.05, 0.1) is 0 Å². The second kappa shape index (κ2) is 12.6. The topological polar surface area (TPSA) is 53.2 Å². The second-order valence-electron chi connectivity index (χ2n) is 5.73. The van der Waals surface area contributed by atoms with Gasteiger partial charge in [-0.2, -0.15) is 11.3 Å². The van der Waals surface area contributed by atoms with Crippen molar-refractivity contribution >= 4 is 17.4 Å². The molecule has 0 spiro atoms. The Hall–Kier alpha value is -1.85. The van der Waals surface area contributed by atoms with Gasteiger partial charge in [0, 0.05) is 15.4 Å². The van der Waals surface area contributed by atoms with Crippen molar-refractivity contribution in [1.82, 2.24) is 16.0 Å². The van der Waals surface area contributed by atoms with Gasteiger partial charge in [-0.15, -0.1) is 0 Å². The number of hydrogen-bond donors (Lipinski definition) is 3. The normalized spacial score (nSPS) is 11.1. The molecule has 0 aliphatic heterocycles. The molecule has 1 aromatic heterocycles. The van der Waals surface area contributed by atoms with Gasteiger partial charge in [-0.1, -0.05) is 30.3 Å². The molecule has 0 aliphatic rings. The molecule has 0 radical (unpaired) electrons. The number of amides is 2. The van der Waals surface area contributed by atoms with Crippen molar-refractivity contribution in [2.24, 2.45) is 0 Å². The Kier molecular flexibility index (Phi) is 10.6. The van der Waals surface area contributed by atoms with Crippen LogP contribution >= 0.6 is 11.3 Å². The highest BCUT2D eigenvalue weighted by Gasteiger charge is 2.07. The van der Waals surface area contributed by atoms with Crippen molar-refractivity contribution in [3.63, 3.8) is 0 Å². The van der Waals surface area contributed by atoms with E-state index in [4.69, 9.17) is 0 Å². The number of rotatable bonds is 7. The van der Waals surface area contributed by atoms with Gasteiger partial charge in [-0.05, 0) is 68.2 Å². The summed E-state index contributed by atoms with van der Waals surface area (Å²) in [5, 5.41) is 12.8. The Labute approximate surface area is 152 Å². The number of aryl methyl sites for hydroxylation is 1. The maximum absolute atomic E-state index is 11.8. The van der Waals surface area contributed by atoms with Crippen molar-refractivity contribution in [2.75, 3.05) is 20.6 Å². The lowest BCUT2D eigenvalue weighted by Gasteiger charge is -2.14. The van der Waals surface area contributed by atoms with Crippen molar-refractivity contribution in [1.29, 1.82) is 0 Å². The Morgan fingerprint density at radius 1 is 1.17 bits per heavy atom. The van der Waals surface area contributed by atoms with Gasteiger partial charge in [-0.25, -0.2) is 4.79 Å². The molecule has 0 bridgehead atoms. The van der Waals surface area contributed by atoms with E-state index in [1.54, 1.807) is 11.3 Å². The Bertz CT molecular complexity index is 553. The fourth-order valence-corrected chi connectivity index (χ4v) is 2.91. The third-order valence-electron chi connectivity index (χ3n) is 3.27. The minimum absolute atomic E-state index is 0. The van der Waals surface area contributed by atoms with Crippen molar-refractivity contribution in [3.8, 4) is 0 Å². The summed E-state index contributed by atoms with van der Waals surface area (Å²) in [6.07, 6.45) is 2.82. The molecule has 1 aromatic carbocycles. The lowest BCUT2D eigenvalue weighted by molar-refractivity contribution is 0.237. The predicted molar refractivity (Wildman–Crippen MR) is 108 cm³/mol. The Morgan fingerprint density at radius 2 is 1.88 bits per heavy atom. The molecule has 3 N–H and O–H groups in total. The minimum Gasteiger partial charge on any atom is -0.338 e. The van der Waals surface area contributed by atoms with Crippen molar-refractivity contribution in [3.05, 3.63) is 58.3 Å². The van der Waals surface area contributed by atoms with Crippen LogP contribution in [0.1, 0.15) is 27.3 Å². The molecule has 0 saturated heterocycles. The van der Waals surface area contributed by atoms with Crippen molar-refractivity contribution < 1.29 is 7.65 Å². The summed E-state index contributed by atoms with van der Waals surface area (Å²) < 4.78 is 0. The van der Waals surface area contributed by atoms with Gasteiger partial charge < -0.3 is 16.0 Å². The molecule has 24 heavy (non-hydrogen) atoms. The fourth-order valence-electron chi connectivity index (χ4n) is 2.23. The van der Waals surface area contributed by atoms with Gasteiger partial charge in [0.1, 0.15) is 0 Å². The van der Waals surface area contributed by atoms with Gasteiger partial charge in [0.25, 0.3) is 0 Å². The van der Waals surface area contributed by atoms with Gasteiger partial charge in [0.2, 0.25) is 0 Å². The lowest BCUT2D eigenvalue weighted by Crippen LogP contribution is -2.42. The first-order chi connectivity index (χ1) is 11.7. The minimum atomic E-state index is -0.0780. The standard InChI is InChI=1S/C17H22N2OS.C2H7N.2H2/c1-14(12-16-9-11-21-13-16)19-17(20)18-10-5-8-15-6-3-2-4-7-15;1-3-2;;/h2-4,6-7,9,11,13-14H,5,8,10,12H2,1H3,(H2,18,19,20);3H,1-2H3;2*1H/t14-;;;/m1.../s1. The van der Waals surface area contributed by atoms with Crippen LogP contribution in [0.4, 0.5) is 4.79 Å². The molecule has 2 amide bonds. The zero-order chi connectivity index (χ0) is 17.6. The highest BCUT2D eigenvalue weighted by atomic mass is 32.1. The van der Waals surface area contributed by atoms with Gasteiger partial charge >= 0.3 is 6.03 Å². The summed E-state index contributed by atoms with van der Waals surface area (Å²) in [7, 11) is 3.75. The zero-order valence-corrected chi connectivity index (χ0v) is 15.7. The second-order valence-corrected chi connectivity index (χ2v) is 6.51. The Balaban J connectivity index is 0. The molecule has 1 heterocycles. The summed E-state index contributed by atoms with van der Waals surface area (Å²) in [6, 6.07) is 12.5. The van der Waals surface area contributed by atoms with E-state index in [0.29, 0.717) is 6.54 Å². The molecule has 0 saturated carbocycles. The molecular formula is C19H33N3OS. The first kappa shape index (κ1) is 20.2. The van der Waals surface area contributed by atoms with Crippen molar-refractivity contribution in [2.45, 2.75) is 32.2 Å². The highest BCUT2D eigenvalue weighted by molar-refractivity contribution is 7.07. The number of carbonyl (C=O) groups excluding carboxylic acids is 1. The number of thiophene rings is 1. The van der Waals surface area contributed by atoms with Crippen LogP contribution in [0.15, 0.2) is 47.2 Å². The maximum atomic E-state index is 11.8. The van der Waals surface area contributed by atoms with Crippen LogP contribution in [-0.4, -0.2) is 32.7 Å². The summed E-state index contributed by atoms with van der Waals surface area (Å²) in [6.45, 7) is 2.73. The molecule has 1 atom stereocenters. The summed E-state index contributed by atoms with van der Waals surface area (Å²) >= 11 is 1.69. The van der Waals surface area contributed by atoms with E-state index < -0.39 is 0 Å². The first-order valence-electron chi connectivity index (χ1n) is 8.33. The molecule has 0 fully saturated rings. The van der Waals surface area contributed by atoms with Crippen LogP contribution in [0.5, 0.6) is 0 Å². The maximum Gasteiger partial charge on any atom is 0.315 e. The largest absolute Gasteiger partial charge is 0.338 e. The summed E-state index contributed by atoms with van der Waals surface area (Å²) in [4.78, 5) is 11.8. The number of nitrogens with one attached hydrogen (secondary N) is 3. The van der Waals surface area contributed by atoms with E-state index in [1.165, 1.54) is 11.1 Å². The third-order valence-corrected chi connectivity index (χ3v) is 4.00. The summed E-state index contributed by atoms with van der Waals surface area (Å²) in [5.41, 5.74) is 2.59. The molecule has 5 heteroatoms. The number of hydrogen-bond acceptors (Lipinski definition) is 3. The van der Waals surface area contributed by atoms with E-state index >= 15 is 0 Å². The van der Waals surface area contributed by atoms with Crippen LogP contribution in [0.25, 0.3) is 0 Å². The highest BCUT2D eigenvalue weighted by Crippen LogP contribution is 2.08. The average Bonchev–Trinajstić information content (AvgIpc) is 3.06. The van der Waals surface area contributed by atoms with Gasteiger partial charge in [0.15, 0.2) is 0 Å². The number of urea groups is 1. The Morgan fingerprint density at radius 3 is 2.50 bits per heavy atom. The molecule has 0 aliphatic carbocycles.